The number of rotatable bonds is 5. The first-order valence-electron chi connectivity index (χ1n) is 14.3. The Hall–Kier alpha value is -3.06. The molecule has 2 saturated heterocycles. The molecular weight excluding hydrogens is 460 g/mol. The number of hydrogen-bond acceptors (Lipinski definition) is 5. The summed E-state index contributed by atoms with van der Waals surface area (Å²) in [7, 11) is 0. The largest absolute Gasteiger partial charge is 0.352 e. The maximum absolute atomic E-state index is 13.5. The Morgan fingerprint density at radius 2 is 1.81 bits per heavy atom. The lowest BCUT2D eigenvalue weighted by molar-refractivity contribution is 0.0575. The van der Waals surface area contributed by atoms with Crippen LogP contribution in [0.5, 0.6) is 0 Å². The van der Waals surface area contributed by atoms with Crippen molar-refractivity contribution in [2.24, 2.45) is 5.92 Å². The van der Waals surface area contributed by atoms with Crippen molar-refractivity contribution in [3.8, 4) is 17.2 Å². The van der Waals surface area contributed by atoms with Crippen LogP contribution in [-0.2, 0) is 12.8 Å². The van der Waals surface area contributed by atoms with Gasteiger partial charge in [-0.3, -0.25) is 4.79 Å². The van der Waals surface area contributed by atoms with E-state index < -0.39 is 0 Å². The highest BCUT2D eigenvalue weighted by Gasteiger charge is 2.36. The van der Waals surface area contributed by atoms with E-state index in [9.17, 15) is 4.79 Å². The molecule has 4 heterocycles. The number of hydrogen-bond donors (Lipinski definition) is 1. The van der Waals surface area contributed by atoms with Crippen LogP contribution in [0.3, 0.4) is 0 Å². The van der Waals surface area contributed by atoms with E-state index in [1.807, 2.05) is 10.9 Å². The standard InChI is InChI=1S/C30H36N6O/c37-29(31-17-22-10-6-16-35-15-4-3-12-26(22)35)25-19-33-36(28(25)21-13-14-21)30-32-18-23-9-5-8-20-7-1-2-11-24(20)27(23)34-30/h1-2,7,11,18-19,21-22,26H,3-6,8-10,12-17H2,(H,31,37)/t22-,26+/m0/s1. The lowest BCUT2D eigenvalue weighted by Crippen LogP contribution is -2.51. The number of amides is 1. The summed E-state index contributed by atoms with van der Waals surface area (Å²) in [5.41, 5.74) is 6.40. The predicted octanol–water partition coefficient (Wildman–Crippen LogP) is 4.69. The number of nitrogens with one attached hydrogen (secondary N) is 1. The molecule has 1 N–H and O–H groups in total. The molecule has 4 aliphatic rings. The summed E-state index contributed by atoms with van der Waals surface area (Å²) in [4.78, 5) is 25.9. The van der Waals surface area contributed by atoms with Crippen molar-refractivity contribution in [3.05, 3.63) is 59.0 Å². The van der Waals surface area contributed by atoms with Crippen molar-refractivity contribution >= 4 is 5.91 Å². The van der Waals surface area contributed by atoms with Crippen LogP contribution in [0.2, 0.25) is 0 Å². The molecule has 0 radical (unpaired) electrons. The van der Waals surface area contributed by atoms with Crippen LogP contribution in [0.15, 0.2) is 36.7 Å². The van der Waals surface area contributed by atoms with Gasteiger partial charge in [-0.05, 0) is 87.9 Å². The van der Waals surface area contributed by atoms with Gasteiger partial charge >= 0.3 is 0 Å². The smallest absolute Gasteiger partial charge is 0.254 e. The molecule has 2 atom stereocenters. The lowest BCUT2D eigenvalue weighted by Gasteiger charge is -2.44. The van der Waals surface area contributed by atoms with Crippen LogP contribution in [0, 0.1) is 5.92 Å². The zero-order chi connectivity index (χ0) is 24.8. The van der Waals surface area contributed by atoms with Crippen molar-refractivity contribution in [1.29, 1.82) is 0 Å². The van der Waals surface area contributed by atoms with E-state index in [0.29, 0.717) is 29.4 Å². The second-order valence-electron chi connectivity index (χ2n) is 11.4. The molecule has 7 nitrogen and oxygen atoms in total. The molecular formula is C30H36N6O. The maximum atomic E-state index is 13.5. The molecule has 1 amide bonds. The van der Waals surface area contributed by atoms with E-state index in [4.69, 9.17) is 9.97 Å². The fourth-order valence-corrected chi connectivity index (χ4v) is 6.93. The van der Waals surface area contributed by atoms with Crippen molar-refractivity contribution in [3.63, 3.8) is 0 Å². The molecule has 192 valence electrons. The first-order chi connectivity index (χ1) is 18.3. The van der Waals surface area contributed by atoms with Crippen molar-refractivity contribution in [2.45, 2.75) is 76.2 Å². The SMILES string of the molecule is O=C(NC[C@@H]1CCCN2CCCC[C@H]12)c1cnn(-c2ncc3c(n2)-c2ccccc2CCC3)c1C1CC1. The third kappa shape index (κ3) is 4.37. The molecule has 2 aliphatic carbocycles. The topological polar surface area (TPSA) is 75.9 Å². The number of carbonyl (C=O) groups is 1. The number of carbonyl (C=O) groups excluding carboxylic acids is 1. The fourth-order valence-electron chi connectivity index (χ4n) is 6.93. The number of aromatic nitrogens is 4. The third-order valence-corrected chi connectivity index (χ3v) is 8.97. The minimum Gasteiger partial charge on any atom is -0.352 e. The van der Waals surface area contributed by atoms with E-state index >= 15 is 0 Å². The highest BCUT2D eigenvalue weighted by atomic mass is 16.1. The van der Waals surface area contributed by atoms with Gasteiger partial charge in [-0.1, -0.05) is 30.7 Å². The lowest BCUT2D eigenvalue weighted by atomic mass is 9.83. The van der Waals surface area contributed by atoms with Crippen LogP contribution in [-0.4, -0.2) is 56.2 Å². The zero-order valence-corrected chi connectivity index (χ0v) is 21.5. The molecule has 37 heavy (non-hydrogen) atoms. The van der Waals surface area contributed by atoms with Crippen molar-refractivity contribution < 1.29 is 4.79 Å². The highest BCUT2D eigenvalue weighted by molar-refractivity contribution is 5.95. The Kier molecular flexibility index (Phi) is 6.04. The molecule has 3 aromatic rings. The third-order valence-electron chi connectivity index (χ3n) is 8.97. The second-order valence-corrected chi connectivity index (χ2v) is 11.4. The molecule has 3 fully saturated rings. The van der Waals surface area contributed by atoms with Gasteiger partial charge in [-0.25, -0.2) is 14.6 Å². The van der Waals surface area contributed by atoms with Crippen LogP contribution in [0.25, 0.3) is 17.2 Å². The summed E-state index contributed by atoms with van der Waals surface area (Å²) < 4.78 is 1.84. The van der Waals surface area contributed by atoms with E-state index in [2.05, 4.69) is 39.6 Å². The van der Waals surface area contributed by atoms with Gasteiger partial charge in [0.25, 0.3) is 11.9 Å². The molecule has 1 aromatic carbocycles. The minimum absolute atomic E-state index is 0.00110. The van der Waals surface area contributed by atoms with Crippen LogP contribution >= 0.6 is 0 Å². The summed E-state index contributed by atoms with van der Waals surface area (Å²) in [6.45, 7) is 3.19. The maximum Gasteiger partial charge on any atom is 0.254 e. The Bertz CT molecular complexity index is 1310. The van der Waals surface area contributed by atoms with Crippen LogP contribution in [0.4, 0.5) is 0 Å². The van der Waals surface area contributed by atoms with Gasteiger partial charge in [0, 0.05) is 30.3 Å². The number of nitrogens with zero attached hydrogens (tertiary/aromatic N) is 5. The monoisotopic (exact) mass is 496 g/mol. The summed E-state index contributed by atoms with van der Waals surface area (Å²) in [6.07, 6.45) is 15.4. The number of benzene rings is 1. The summed E-state index contributed by atoms with van der Waals surface area (Å²) in [5, 5.41) is 7.98. The first kappa shape index (κ1) is 23.1. The average molecular weight is 497 g/mol. The molecule has 7 heteroatoms. The zero-order valence-electron chi connectivity index (χ0n) is 21.5. The molecule has 0 bridgehead atoms. The summed E-state index contributed by atoms with van der Waals surface area (Å²) in [6, 6.07) is 9.19. The first-order valence-corrected chi connectivity index (χ1v) is 14.3. The van der Waals surface area contributed by atoms with E-state index in [0.717, 1.165) is 50.0 Å². The number of aryl methyl sites for hydroxylation is 2. The Labute approximate surface area is 218 Å². The van der Waals surface area contributed by atoms with E-state index in [1.54, 1.807) is 6.20 Å². The second kappa shape index (κ2) is 9.67. The van der Waals surface area contributed by atoms with Gasteiger partial charge in [0.1, 0.15) is 0 Å². The van der Waals surface area contributed by atoms with Gasteiger partial charge in [0.15, 0.2) is 0 Å². The van der Waals surface area contributed by atoms with Gasteiger partial charge in [0.2, 0.25) is 0 Å². The van der Waals surface area contributed by atoms with Crippen molar-refractivity contribution in [2.75, 3.05) is 19.6 Å². The van der Waals surface area contributed by atoms with Crippen LogP contribution < -0.4 is 5.32 Å². The molecule has 0 spiro atoms. The Morgan fingerprint density at radius 3 is 2.73 bits per heavy atom. The Balaban J connectivity index is 1.16. The van der Waals surface area contributed by atoms with Crippen LogP contribution in [0.1, 0.15) is 84.5 Å². The molecule has 2 aromatic heterocycles. The normalized spacial score (nSPS) is 23.5. The van der Waals surface area contributed by atoms with Gasteiger partial charge in [0.05, 0.1) is 23.1 Å². The Morgan fingerprint density at radius 1 is 0.946 bits per heavy atom. The average Bonchev–Trinajstić information content (AvgIpc) is 3.72. The molecule has 2 aliphatic heterocycles. The number of piperidine rings is 2. The highest BCUT2D eigenvalue weighted by Crippen LogP contribution is 2.42. The van der Waals surface area contributed by atoms with Gasteiger partial charge in [-0.15, -0.1) is 0 Å². The molecule has 0 unspecified atom stereocenters. The molecule has 7 rings (SSSR count). The number of fused-ring (bicyclic) bond motifs is 4. The predicted molar refractivity (Wildman–Crippen MR) is 143 cm³/mol. The van der Waals surface area contributed by atoms with Gasteiger partial charge in [-0.2, -0.15) is 5.10 Å². The van der Waals surface area contributed by atoms with E-state index in [-0.39, 0.29) is 5.91 Å². The van der Waals surface area contributed by atoms with E-state index in [1.165, 1.54) is 61.9 Å². The quantitative estimate of drug-likeness (QED) is 0.555. The van der Waals surface area contributed by atoms with Crippen molar-refractivity contribution in [1.82, 2.24) is 30.0 Å². The minimum atomic E-state index is 0.00110. The summed E-state index contributed by atoms with van der Waals surface area (Å²) >= 11 is 0. The summed E-state index contributed by atoms with van der Waals surface area (Å²) in [5.74, 6) is 1.47. The molecule has 1 saturated carbocycles. The fraction of sp³-hybridized carbons (Fsp3) is 0.533. The van der Waals surface area contributed by atoms with Gasteiger partial charge < -0.3 is 10.2 Å².